The highest BCUT2D eigenvalue weighted by atomic mass is 16.3. The highest BCUT2D eigenvalue weighted by Crippen LogP contribution is 2.22. The van der Waals surface area contributed by atoms with Gasteiger partial charge in [0.2, 0.25) is 5.91 Å². The van der Waals surface area contributed by atoms with Crippen LogP contribution < -0.4 is 5.32 Å². The van der Waals surface area contributed by atoms with Crippen molar-refractivity contribution in [2.24, 2.45) is 5.92 Å². The minimum absolute atomic E-state index is 0.152. The lowest BCUT2D eigenvalue weighted by molar-refractivity contribution is -0.126. The zero-order valence-corrected chi connectivity index (χ0v) is 9.99. The molecule has 4 nitrogen and oxygen atoms in total. The summed E-state index contributed by atoms with van der Waals surface area (Å²) in [5.74, 6) is 0.404. The van der Waals surface area contributed by atoms with Crippen molar-refractivity contribution < 1.29 is 9.90 Å². The maximum atomic E-state index is 12.1. The van der Waals surface area contributed by atoms with Crippen molar-refractivity contribution in [3.05, 3.63) is 11.1 Å². The standard InChI is InChI=1S/C12H20N2O2/c1-8(11-5-13-6-11)12(16)14-4-3-10(7-14)9(2)15/h9-10,13,15H,3-7H2,1-2H3. The molecule has 0 spiro atoms. The van der Waals surface area contributed by atoms with Crippen molar-refractivity contribution in [1.29, 1.82) is 0 Å². The lowest BCUT2D eigenvalue weighted by Crippen LogP contribution is -2.38. The van der Waals surface area contributed by atoms with E-state index < -0.39 is 0 Å². The molecule has 0 radical (unpaired) electrons. The van der Waals surface area contributed by atoms with Crippen molar-refractivity contribution >= 4 is 5.91 Å². The number of aliphatic hydroxyl groups is 1. The van der Waals surface area contributed by atoms with Crippen LogP contribution in [0.2, 0.25) is 0 Å². The van der Waals surface area contributed by atoms with Gasteiger partial charge in [-0.15, -0.1) is 0 Å². The Bertz CT molecular complexity index is 317. The number of nitrogens with one attached hydrogen (secondary N) is 1. The number of carbonyl (C=O) groups excluding carboxylic acids is 1. The van der Waals surface area contributed by atoms with E-state index in [1.165, 1.54) is 5.57 Å². The van der Waals surface area contributed by atoms with Crippen LogP contribution in [0.25, 0.3) is 0 Å². The Morgan fingerprint density at radius 1 is 1.56 bits per heavy atom. The molecule has 2 rings (SSSR count). The van der Waals surface area contributed by atoms with E-state index in [4.69, 9.17) is 0 Å². The van der Waals surface area contributed by atoms with Gasteiger partial charge >= 0.3 is 0 Å². The van der Waals surface area contributed by atoms with Crippen LogP contribution in [0.4, 0.5) is 0 Å². The first kappa shape index (κ1) is 11.6. The van der Waals surface area contributed by atoms with Gasteiger partial charge in [-0.2, -0.15) is 0 Å². The zero-order chi connectivity index (χ0) is 11.7. The number of likely N-dealkylation sites (tertiary alicyclic amines) is 1. The molecule has 1 amide bonds. The number of nitrogens with zero attached hydrogens (tertiary/aromatic N) is 1. The van der Waals surface area contributed by atoms with Gasteiger partial charge in [0.25, 0.3) is 0 Å². The van der Waals surface area contributed by atoms with Gasteiger partial charge in [-0.3, -0.25) is 4.79 Å². The molecule has 2 heterocycles. The molecule has 0 aliphatic carbocycles. The van der Waals surface area contributed by atoms with Crippen LogP contribution in [0.3, 0.4) is 0 Å². The van der Waals surface area contributed by atoms with E-state index in [0.29, 0.717) is 6.54 Å². The van der Waals surface area contributed by atoms with Crippen molar-refractivity contribution in [2.45, 2.75) is 26.4 Å². The molecule has 2 atom stereocenters. The molecule has 2 fully saturated rings. The molecule has 4 heteroatoms. The SMILES string of the molecule is CC(C(=O)N1CCC(C(C)O)C1)=C1CNC1. The number of aliphatic hydroxyl groups excluding tert-OH is 1. The summed E-state index contributed by atoms with van der Waals surface area (Å²) in [5.41, 5.74) is 2.12. The van der Waals surface area contributed by atoms with E-state index in [-0.39, 0.29) is 17.9 Å². The predicted octanol–water partition coefficient (Wildman–Crippen LogP) is 0.135. The summed E-state index contributed by atoms with van der Waals surface area (Å²) in [4.78, 5) is 14.0. The number of amides is 1. The van der Waals surface area contributed by atoms with Gasteiger partial charge in [-0.25, -0.2) is 0 Å². The van der Waals surface area contributed by atoms with Gasteiger partial charge in [0, 0.05) is 37.7 Å². The number of hydrogen-bond acceptors (Lipinski definition) is 3. The van der Waals surface area contributed by atoms with Crippen molar-refractivity contribution in [3.8, 4) is 0 Å². The maximum absolute atomic E-state index is 12.1. The first-order valence-corrected chi connectivity index (χ1v) is 5.96. The summed E-state index contributed by atoms with van der Waals surface area (Å²) >= 11 is 0. The minimum atomic E-state index is -0.309. The third-order valence-corrected chi connectivity index (χ3v) is 3.72. The van der Waals surface area contributed by atoms with Crippen LogP contribution in [-0.2, 0) is 4.79 Å². The Kier molecular flexibility index (Phi) is 3.30. The van der Waals surface area contributed by atoms with E-state index in [2.05, 4.69) is 5.32 Å². The van der Waals surface area contributed by atoms with Crippen LogP contribution in [0, 0.1) is 5.92 Å². The Morgan fingerprint density at radius 2 is 2.25 bits per heavy atom. The smallest absolute Gasteiger partial charge is 0.249 e. The summed E-state index contributed by atoms with van der Waals surface area (Å²) in [6.07, 6.45) is 0.612. The fourth-order valence-electron chi connectivity index (χ4n) is 2.27. The van der Waals surface area contributed by atoms with Gasteiger partial charge in [-0.05, 0) is 25.8 Å². The second-order valence-electron chi connectivity index (χ2n) is 4.87. The first-order chi connectivity index (χ1) is 7.59. The van der Waals surface area contributed by atoms with Crippen LogP contribution in [-0.4, -0.2) is 48.2 Å². The lowest BCUT2D eigenvalue weighted by atomic mass is 10.0. The van der Waals surface area contributed by atoms with Crippen LogP contribution in [0.15, 0.2) is 11.1 Å². The number of rotatable bonds is 2. The Hall–Kier alpha value is -0.870. The van der Waals surface area contributed by atoms with Gasteiger partial charge < -0.3 is 15.3 Å². The molecule has 16 heavy (non-hydrogen) atoms. The molecular weight excluding hydrogens is 204 g/mol. The average Bonchev–Trinajstić information content (AvgIpc) is 2.62. The molecular formula is C12H20N2O2. The minimum Gasteiger partial charge on any atom is -0.393 e. The lowest BCUT2D eigenvalue weighted by Gasteiger charge is -2.24. The topological polar surface area (TPSA) is 52.6 Å². The Balaban J connectivity index is 1.96. The van der Waals surface area contributed by atoms with Crippen LogP contribution in [0.1, 0.15) is 20.3 Å². The van der Waals surface area contributed by atoms with Crippen LogP contribution >= 0.6 is 0 Å². The third-order valence-electron chi connectivity index (χ3n) is 3.72. The number of hydrogen-bond donors (Lipinski definition) is 2. The maximum Gasteiger partial charge on any atom is 0.249 e. The van der Waals surface area contributed by atoms with Crippen LogP contribution in [0.5, 0.6) is 0 Å². The molecule has 0 aromatic carbocycles. The van der Waals surface area contributed by atoms with Gasteiger partial charge in [-0.1, -0.05) is 0 Å². The van der Waals surface area contributed by atoms with Gasteiger partial charge in [0.1, 0.15) is 0 Å². The van der Waals surface area contributed by atoms with E-state index in [1.54, 1.807) is 6.92 Å². The highest BCUT2D eigenvalue weighted by Gasteiger charge is 2.30. The summed E-state index contributed by atoms with van der Waals surface area (Å²) in [5, 5.41) is 12.6. The summed E-state index contributed by atoms with van der Waals surface area (Å²) in [7, 11) is 0. The average molecular weight is 224 g/mol. The molecule has 0 aromatic heterocycles. The second-order valence-corrected chi connectivity index (χ2v) is 4.87. The molecule has 2 saturated heterocycles. The molecule has 0 aromatic rings. The van der Waals surface area contributed by atoms with Crippen molar-refractivity contribution in [1.82, 2.24) is 10.2 Å². The molecule has 0 saturated carbocycles. The molecule has 2 aliphatic heterocycles. The van der Waals surface area contributed by atoms with E-state index in [1.807, 2.05) is 11.8 Å². The van der Waals surface area contributed by atoms with Crippen molar-refractivity contribution in [2.75, 3.05) is 26.2 Å². The highest BCUT2D eigenvalue weighted by molar-refractivity contribution is 5.94. The molecule has 2 unspecified atom stereocenters. The van der Waals surface area contributed by atoms with Gasteiger partial charge in [0.05, 0.1) is 6.10 Å². The van der Waals surface area contributed by atoms with Gasteiger partial charge in [0.15, 0.2) is 0 Å². The van der Waals surface area contributed by atoms with E-state index >= 15 is 0 Å². The third kappa shape index (κ3) is 2.13. The predicted molar refractivity (Wildman–Crippen MR) is 61.9 cm³/mol. The van der Waals surface area contributed by atoms with E-state index in [9.17, 15) is 9.90 Å². The van der Waals surface area contributed by atoms with E-state index in [0.717, 1.165) is 31.6 Å². The molecule has 2 N–H and O–H groups in total. The Labute approximate surface area is 96.3 Å². The number of carbonyl (C=O) groups is 1. The summed E-state index contributed by atoms with van der Waals surface area (Å²) in [6, 6.07) is 0. The summed E-state index contributed by atoms with van der Waals surface area (Å²) in [6.45, 7) is 6.91. The quantitative estimate of drug-likeness (QED) is 0.656. The summed E-state index contributed by atoms with van der Waals surface area (Å²) < 4.78 is 0. The van der Waals surface area contributed by atoms with Crippen molar-refractivity contribution in [3.63, 3.8) is 0 Å². The molecule has 90 valence electrons. The second kappa shape index (κ2) is 4.55. The molecule has 2 aliphatic rings. The fourth-order valence-corrected chi connectivity index (χ4v) is 2.27. The fraction of sp³-hybridized carbons (Fsp3) is 0.750. The zero-order valence-electron chi connectivity index (χ0n) is 9.99. The monoisotopic (exact) mass is 224 g/mol. The largest absolute Gasteiger partial charge is 0.393 e. The first-order valence-electron chi connectivity index (χ1n) is 5.96. The normalized spacial score (nSPS) is 26.6. The Morgan fingerprint density at radius 3 is 2.69 bits per heavy atom. The molecule has 0 bridgehead atoms.